The number of hydrogen-bond donors (Lipinski definition) is 1. The summed E-state index contributed by atoms with van der Waals surface area (Å²) < 4.78 is 42.0. The molecule has 4 rings (SSSR count). The normalized spacial score (nSPS) is 14.6. The lowest BCUT2D eigenvalue weighted by atomic mass is 10.2. The van der Waals surface area contributed by atoms with Crippen molar-refractivity contribution in [1.82, 2.24) is 20.0 Å². The zero-order valence-electron chi connectivity index (χ0n) is 16.6. The lowest BCUT2D eigenvalue weighted by Crippen LogP contribution is -2.50. The molecule has 1 aromatic carbocycles. The first-order chi connectivity index (χ1) is 14.8. The summed E-state index contributed by atoms with van der Waals surface area (Å²) in [6.07, 6.45) is -3.29. The van der Waals surface area contributed by atoms with Crippen molar-refractivity contribution in [2.24, 2.45) is 0 Å². The van der Waals surface area contributed by atoms with E-state index in [2.05, 4.69) is 25.0 Å². The highest BCUT2D eigenvalue weighted by Crippen LogP contribution is 2.29. The van der Waals surface area contributed by atoms with Crippen molar-refractivity contribution in [3.8, 4) is 11.4 Å². The fourth-order valence-electron chi connectivity index (χ4n) is 3.14. The number of hydrogen-bond acceptors (Lipinski definition) is 6. The molecule has 162 valence electrons. The zero-order valence-corrected chi connectivity index (χ0v) is 16.6. The van der Waals surface area contributed by atoms with Gasteiger partial charge in [0.25, 0.3) is 0 Å². The summed E-state index contributed by atoms with van der Waals surface area (Å²) in [6, 6.07) is 10.7. The maximum absolute atomic E-state index is 12.6. The molecule has 11 heteroatoms. The van der Waals surface area contributed by atoms with Crippen molar-refractivity contribution in [3.63, 3.8) is 0 Å². The first-order valence-corrected chi connectivity index (χ1v) is 9.54. The Bertz CT molecular complexity index is 1040. The number of piperazine rings is 1. The Morgan fingerprint density at radius 3 is 2.35 bits per heavy atom. The standard InChI is InChI=1S/C20H19F3N6O2/c1-13-2-5-15(6-3-13)25-19(30)29-10-8-28(9-11-29)16-7-4-14(12-24-16)17-26-18(31-27-17)20(21,22)23/h2-7,12H,8-11H2,1H3,(H,25,30). The van der Waals surface area contributed by atoms with Gasteiger partial charge < -0.3 is 19.6 Å². The van der Waals surface area contributed by atoms with Crippen molar-refractivity contribution >= 4 is 17.5 Å². The Morgan fingerprint density at radius 2 is 1.77 bits per heavy atom. The van der Waals surface area contributed by atoms with Gasteiger partial charge in [0.15, 0.2) is 0 Å². The highest BCUT2D eigenvalue weighted by Gasteiger charge is 2.38. The van der Waals surface area contributed by atoms with Crippen LogP contribution in [0, 0.1) is 6.92 Å². The molecule has 1 aliphatic rings. The number of alkyl halides is 3. The number of rotatable bonds is 3. The minimum absolute atomic E-state index is 0.163. The minimum Gasteiger partial charge on any atom is -0.353 e. The van der Waals surface area contributed by atoms with E-state index in [9.17, 15) is 18.0 Å². The number of halogens is 3. The summed E-state index contributed by atoms with van der Waals surface area (Å²) in [4.78, 5) is 23.8. The maximum atomic E-state index is 12.6. The number of amides is 2. The molecule has 0 atom stereocenters. The van der Waals surface area contributed by atoms with Crippen LogP contribution < -0.4 is 10.2 Å². The van der Waals surface area contributed by atoms with E-state index in [1.807, 2.05) is 36.1 Å². The monoisotopic (exact) mass is 432 g/mol. The van der Waals surface area contributed by atoms with Crippen molar-refractivity contribution < 1.29 is 22.5 Å². The first kappa shape index (κ1) is 20.6. The highest BCUT2D eigenvalue weighted by molar-refractivity contribution is 5.89. The topological polar surface area (TPSA) is 87.4 Å². The van der Waals surface area contributed by atoms with E-state index in [-0.39, 0.29) is 11.9 Å². The van der Waals surface area contributed by atoms with Gasteiger partial charge in [0, 0.05) is 43.6 Å². The predicted octanol–water partition coefficient (Wildman–Crippen LogP) is 3.81. The molecule has 0 unspecified atom stereocenters. The number of benzene rings is 1. The number of urea groups is 1. The van der Waals surface area contributed by atoms with Crippen LogP contribution in [-0.4, -0.2) is 52.2 Å². The number of carbonyl (C=O) groups excluding carboxylic acids is 1. The summed E-state index contributed by atoms with van der Waals surface area (Å²) in [5, 5.41) is 6.23. The van der Waals surface area contributed by atoms with Gasteiger partial charge in [-0.25, -0.2) is 9.78 Å². The molecule has 0 aliphatic carbocycles. The van der Waals surface area contributed by atoms with Crippen LogP contribution in [0.5, 0.6) is 0 Å². The quantitative estimate of drug-likeness (QED) is 0.677. The second-order valence-electron chi connectivity index (χ2n) is 7.10. The largest absolute Gasteiger partial charge is 0.471 e. The predicted molar refractivity (Wildman–Crippen MR) is 107 cm³/mol. The summed E-state index contributed by atoms with van der Waals surface area (Å²) in [6.45, 7) is 4.16. The van der Waals surface area contributed by atoms with Gasteiger partial charge >= 0.3 is 18.1 Å². The molecular formula is C20H19F3N6O2. The number of aryl methyl sites for hydroxylation is 1. The van der Waals surface area contributed by atoms with E-state index in [0.717, 1.165) is 11.3 Å². The van der Waals surface area contributed by atoms with E-state index in [0.29, 0.717) is 37.6 Å². The number of nitrogens with one attached hydrogen (secondary N) is 1. The van der Waals surface area contributed by atoms with Gasteiger partial charge in [0.05, 0.1) is 0 Å². The van der Waals surface area contributed by atoms with Crippen molar-refractivity contribution in [2.75, 3.05) is 36.4 Å². The van der Waals surface area contributed by atoms with E-state index >= 15 is 0 Å². The van der Waals surface area contributed by atoms with E-state index in [1.165, 1.54) is 6.20 Å². The van der Waals surface area contributed by atoms with Crippen molar-refractivity contribution in [1.29, 1.82) is 0 Å². The summed E-state index contributed by atoms with van der Waals surface area (Å²) in [5.74, 6) is -0.919. The average Bonchev–Trinajstić information content (AvgIpc) is 3.27. The SMILES string of the molecule is Cc1ccc(NC(=O)N2CCN(c3ccc(-c4noc(C(F)(F)F)n4)cn3)CC2)cc1. The Labute approximate surface area is 175 Å². The summed E-state index contributed by atoms with van der Waals surface area (Å²) >= 11 is 0. The lowest BCUT2D eigenvalue weighted by molar-refractivity contribution is -0.159. The van der Waals surface area contributed by atoms with Crippen LogP contribution in [-0.2, 0) is 6.18 Å². The summed E-state index contributed by atoms with van der Waals surface area (Å²) in [5.41, 5.74) is 2.18. The van der Waals surface area contributed by atoms with E-state index in [4.69, 9.17) is 0 Å². The molecule has 0 radical (unpaired) electrons. The van der Waals surface area contributed by atoms with Gasteiger partial charge in [-0.1, -0.05) is 22.9 Å². The number of anilines is 2. The van der Waals surface area contributed by atoms with Crippen LogP contribution in [0.25, 0.3) is 11.4 Å². The Morgan fingerprint density at radius 1 is 1.06 bits per heavy atom. The smallest absolute Gasteiger partial charge is 0.353 e. The van der Waals surface area contributed by atoms with Gasteiger partial charge in [0.2, 0.25) is 5.82 Å². The van der Waals surface area contributed by atoms with Crippen LogP contribution >= 0.6 is 0 Å². The molecule has 2 aromatic heterocycles. The van der Waals surface area contributed by atoms with Crippen LogP contribution in [0.4, 0.5) is 29.5 Å². The molecule has 0 saturated carbocycles. The summed E-state index contributed by atoms with van der Waals surface area (Å²) in [7, 11) is 0. The molecule has 8 nitrogen and oxygen atoms in total. The van der Waals surface area contributed by atoms with Crippen LogP contribution in [0.1, 0.15) is 11.5 Å². The molecule has 1 fully saturated rings. The number of pyridine rings is 1. The van der Waals surface area contributed by atoms with Crippen molar-refractivity contribution in [2.45, 2.75) is 13.1 Å². The average molecular weight is 432 g/mol. The van der Waals surface area contributed by atoms with E-state index in [1.54, 1.807) is 17.0 Å². The lowest BCUT2D eigenvalue weighted by Gasteiger charge is -2.35. The van der Waals surface area contributed by atoms with Crippen molar-refractivity contribution in [3.05, 3.63) is 54.0 Å². The molecule has 3 heterocycles. The molecule has 1 N–H and O–H groups in total. The van der Waals surface area contributed by atoms with Gasteiger partial charge in [-0.3, -0.25) is 0 Å². The van der Waals surface area contributed by atoms with Gasteiger partial charge in [-0.15, -0.1) is 0 Å². The molecule has 1 saturated heterocycles. The fourth-order valence-corrected chi connectivity index (χ4v) is 3.14. The molecule has 3 aromatic rings. The Kier molecular flexibility index (Phi) is 5.49. The molecule has 31 heavy (non-hydrogen) atoms. The maximum Gasteiger partial charge on any atom is 0.471 e. The third-order valence-electron chi connectivity index (χ3n) is 4.87. The zero-order chi connectivity index (χ0) is 22.0. The Balaban J connectivity index is 1.34. The van der Waals surface area contributed by atoms with Gasteiger partial charge in [-0.05, 0) is 31.2 Å². The second kappa shape index (κ2) is 8.25. The Hall–Kier alpha value is -3.63. The fraction of sp³-hybridized carbons (Fsp3) is 0.300. The second-order valence-corrected chi connectivity index (χ2v) is 7.10. The van der Waals surface area contributed by atoms with Crippen LogP contribution in [0.2, 0.25) is 0 Å². The molecule has 2 amide bonds. The molecule has 1 aliphatic heterocycles. The molecule has 0 bridgehead atoms. The van der Waals surface area contributed by atoms with Gasteiger partial charge in [-0.2, -0.15) is 18.2 Å². The van der Waals surface area contributed by atoms with Crippen LogP contribution in [0.3, 0.4) is 0 Å². The number of aromatic nitrogens is 3. The number of carbonyl (C=O) groups is 1. The minimum atomic E-state index is -4.69. The van der Waals surface area contributed by atoms with Gasteiger partial charge in [0.1, 0.15) is 5.82 Å². The third kappa shape index (κ3) is 4.76. The molecular weight excluding hydrogens is 413 g/mol. The third-order valence-corrected chi connectivity index (χ3v) is 4.87. The highest BCUT2D eigenvalue weighted by atomic mass is 19.4. The molecule has 0 spiro atoms. The van der Waals surface area contributed by atoms with Crippen LogP contribution in [0.15, 0.2) is 47.1 Å². The first-order valence-electron chi connectivity index (χ1n) is 9.54. The van der Waals surface area contributed by atoms with E-state index < -0.39 is 12.1 Å². The number of nitrogens with zero attached hydrogens (tertiary/aromatic N) is 5.